The summed E-state index contributed by atoms with van der Waals surface area (Å²) in [7, 11) is 3.45. The van der Waals surface area contributed by atoms with E-state index in [1.165, 1.54) is 0 Å². The van der Waals surface area contributed by atoms with E-state index in [1.54, 1.807) is 19.0 Å². The highest BCUT2D eigenvalue weighted by Crippen LogP contribution is 1.77. The Morgan fingerprint density at radius 1 is 1.62 bits per heavy atom. The Hall–Kier alpha value is -0.640. The number of hydrogen-bond donors (Lipinski definition) is 2. The Morgan fingerprint density at radius 3 is 2.00 bits per heavy atom. The summed E-state index contributed by atoms with van der Waals surface area (Å²) in [6.07, 6.45) is 0. The first kappa shape index (κ1) is 7.36. The molecule has 0 amide bonds. The Labute approximate surface area is 54.0 Å². The van der Waals surface area contributed by atoms with Gasteiger partial charge in [0.25, 0.3) is 0 Å². The first-order valence-corrected chi connectivity index (χ1v) is 2.52. The number of hydrogen-bond acceptors (Lipinski definition) is 2. The summed E-state index contributed by atoms with van der Waals surface area (Å²) >= 11 is 4.51. The van der Waals surface area contributed by atoms with Crippen LogP contribution in [-0.4, -0.2) is 29.8 Å². The number of thiocarbonyl (C=S) groups is 1. The zero-order valence-corrected chi connectivity index (χ0v) is 5.75. The van der Waals surface area contributed by atoms with Crippen molar-refractivity contribution < 1.29 is 0 Å². The van der Waals surface area contributed by atoms with Crippen LogP contribution in [0, 0.1) is 5.41 Å². The van der Waals surface area contributed by atoms with Gasteiger partial charge < -0.3 is 10.6 Å². The second-order valence-electron chi connectivity index (χ2n) is 1.61. The molecule has 0 saturated carbocycles. The quantitative estimate of drug-likeness (QED) is 0.272. The van der Waals surface area contributed by atoms with Gasteiger partial charge in [-0.2, -0.15) is 0 Å². The lowest BCUT2D eigenvalue weighted by molar-refractivity contribution is 0.627. The summed E-state index contributed by atoms with van der Waals surface area (Å²) in [5, 5.41) is 7.06. The first-order valence-electron chi connectivity index (χ1n) is 2.11. The fourth-order valence-electron chi connectivity index (χ4n) is 0.220. The molecule has 0 radical (unpaired) electrons. The highest BCUT2D eigenvalue weighted by atomic mass is 32.1. The van der Waals surface area contributed by atoms with E-state index in [9.17, 15) is 0 Å². The van der Waals surface area contributed by atoms with Gasteiger partial charge in [-0.15, -0.1) is 0 Å². The molecular weight excluding hydrogens is 122 g/mol. The molecule has 0 spiro atoms. The Balaban J connectivity index is 3.84. The van der Waals surface area contributed by atoms with E-state index in [4.69, 9.17) is 11.1 Å². The largest absolute Gasteiger partial charge is 0.387 e. The number of rotatable bonds is 0. The van der Waals surface area contributed by atoms with Gasteiger partial charge in [0.05, 0.1) is 0 Å². The average Bonchev–Trinajstić information content (AvgIpc) is 1.64. The third kappa shape index (κ3) is 1.88. The molecule has 0 bridgehead atoms. The van der Waals surface area contributed by atoms with Crippen molar-refractivity contribution in [3.05, 3.63) is 0 Å². The Morgan fingerprint density at radius 2 is 2.00 bits per heavy atom. The van der Waals surface area contributed by atoms with E-state index in [2.05, 4.69) is 12.2 Å². The zero-order valence-electron chi connectivity index (χ0n) is 4.93. The molecule has 0 aromatic heterocycles. The molecule has 0 heterocycles. The minimum atomic E-state index is 0.134. The van der Waals surface area contributed by atoms with E-state index in [0.717, 1.165) is 0 Å². The summed E-state index contributed by atoms with van der Waals surface area (Å²) in [6, 6.07) is 0. The van der Waals surface area contributed by atoms with Crippen molar-refractivity contribution >= 4 is 23.0 Å². The fraction of sp³-hybridized carbons (Fsp3) is 0.500. The van der Waals surface area contributed by atoms with Crippen molar-refractivity contribution in [1.82, 2.24) is 4.90 Å². The number of nitrogens with one attached hydrogen (secondary N) is 1. The number of nitrogens with two attached hydrogens (primary N) is 1. The summed E-state index contributed by atoms with van der Waals surface area (Å²) in [5.41, 5.74) is 5.10. The molecule has 46 valence electrons. The van der Waals surface area contributed by atoms with E-state index in [1.807, 2.05) is 0 Å². The van der Waals surface area contributed by atoms with Crippen LogP contribution < -0.4 is 5.73 Å². The standard InChI is InChI=1S/C4H9N3S/c1-7(2)3(5)4(6)8/h5H,1-2H3,(H2,6,8). The molecule has 0 aliphatic carbocycles. The minimum Gasteiger partial charge on any atom is -0.387 e. The number of nitrogens with zero attached hydrogens (tertiary/aromatic N) is 1. The highest BCUT2D eigenvalue weighted by molar-refractivity contribution is 7.82. The number of likely N-dealkylation sites (N-methyl/N-ethyl adjacent to an activating group) is 1. The van der Waals surface area contributed by atoms with Crippen LogP contribution in [0.4, 0.5) is 0 Å². The molecule has 3 nitrogen and oxygen atoms in total. The lowest BCUT2D eigenvalue weighted by Crippen LogP contribution is -2.32. The summed E-state index contributed by atoms with van der Waals surface area (Å²) in [5.74, 6) is 0.194. The van der Waals surface area contributed by atoms with E-state index in [0.29, 0.717) is 0 Å². The summed E-state index contributed by atoms with van der Waals surface area (Å²) in [6.45, 7) is 0. The zero-order chi connectivity index (χ0) is 6.73. The van der Waals surface area contributed by atoms with Gasteiger partial charge in [-0.25, -0.2) is 0 Å². The maximum Gasteiger partial charge on any atom is 0.155 e. The molecule has 0 rings (SSSR count). The van der Waals surface area contributed by atoms with Crippen LogP contribution >= 0.6 is 12.2 Å². The van der Waals surface area contributed by atoms with Gasteiger partial charge >= 0.3 is 0 Å². The second kappa shape index (κ2) is 2.61. The molecule has 0 aromatic carbocycles. The van der Waals surface area contributed by atoms with Gasteiger partial charge in [0.2, 0.25) is 0 Å². The maximum atomic E-state index is 7.06. The molecule has 0 aliphatic rings. The third-order valence-corrected chi connectivity index (χ3v) is 0.874. The van der Waals surface area contributed by atoms with Gasteiger partial charge in [-0.05, 0) is 0 Å². The Kier molecular flexibility index (Phi) is 2.41. The fourth-order valence-corrected chi connectivity index (χ4v) is 0.403. The van der Waals surface area contributed by atoms with Crippen molar-refractivity contribution in [2.24, 2.45) is 5.73 Å². The first-order chi connectivity index (χ1) is 3.55. The maximum absolute atomic E-state index is 7.06. The van der Waals surface area contributed by atoms with Crippen LogP contribution in [-0.2, 0) is 0 Å². The minimum absolute atomic E-state index is 0.134. The smallest absolute Gasteiger partial charge is 0.155 e. The molecule has 0 aromatic rings. The van der Waals surface area contributed by atoms with Crippen LogP contribution in [0.2, 0.25) is 0 Å². The van der Waals surface area contributed by atoms with Crippen molar-refractivity contribution in [3.63, 3.8) is 0 Å². The van der Waals surface area contributed by atoms with E-state index in [-0.39, 0.29) is 10.8 Å². The Bertz CT molecular complexity index is 118. The van der Waals surface area contributed by atoms with Crippen LogP contribution in [0.25, 0.3) is 0 Å². The lowest BCUT2D eigenvalue weighted by Gasteiger charge is -2.10. The van der Waals surface area contributed by atoms with Gasteiger partial charge in [0.15, 0.2) is 5.84 Å². The molecule has 4 heteroatoms. The second-order valence-corrected chi connectivity index (χ2v) is 2.05. The van der Waals surface area contributed by atoms with Gasteiger partial charge in [0.1, 0.15) is 4.99 Å². The van der Waals surface area contributed by atoms with Crippen LogP contribution in [0.1, 0.15) is 0 Å². The van der Waals surface area contributed by atoms with Crippen LogP contribution in [0.5, 0.6) is 0 Å². The molecule has 3 N–H and O–H groups in total. The van der Waals surface area contributed by atoms with Crippen molar-refractivity contribution in [2.75, 3.05) is 14.1 Å². The molecular formula is C4H9N3S. The molecule has 0 aliphatic heterocycles. The van der Waals surface area contributed by atoms with Crippen LogP contribution in [0.3, 0.4) is 0 Å². The average molecular weight is 131 g/mol. The number of amidine groups is 1. The highest BCUT2D eigenvalue weighted by Gasteiger charge is 1.98. The molecule has 0 atom stereocenters. The van der Waals surface area contributed by atoms with E-state index < -0.39 is 0 Å². The summed E-state index contributed by atoms with van der Waals surface area (Å²) in [4.78, 5) is 1.69. The lowest BCUT2D eigenvalue weighted by atomic mass is 10.5. The molecule has 0 unspecified atom stereocenters. The van der Waals surface area contributed by atoms with Crippen molar-refractivity contribution in [1.29, 1.82) is 5.41 Å². The predicted molar refractivity (Wildman–Crippen MR) is 38.2 cm³/mol. The van der Waals surface area contributed by atoms with E-state index >= 15 is 0 Å². The topological polar surface area (TPSA) is 53.1 Å². The van der Waals surface area contributed by atoms with Crippen molar-refractivity contribution in [3.8, 4) is 0 Å². The van der Waals surface area contributed by atoms with Gasteiger partial charge in [0, 0.05) is 14.1 Å². The van der Waals surface area contributed by atoms with Crippen molar-refractivity contribution in [2.45, 2.75) is 0 Å². The van der Waals surface area contributed by atoms with Crippen LogP contribution in [0.15, 0.2) is 0 Å². The normalized spacial score (nSPS) is 8.25. The van der Waals surface area contributed by atoms with Gasteiger partial charge in [-0.1, -0.05) is 12.2 Å². The predicted octanol–water partition coefficient (Wildman–Crippen LogP) is -0.189. The molecule has 0 saturated heterocycles. The van der Waals surface area contributed by atoms with Gasteiger partial charge in [-0.3, -0.25) is 5.41 Å². The summed E-state index contributed by atoms with van der Waals surface area (Å²) < 4.78 is 0. The molecule has 0 fully saturated rings. The molecule has 8 heavy (non-hydrogen) atoms. The third-order valence-electron chi connectivity index (χ3n) is 0.681. The monoisotopic (exact) mass is 131 g/mol. The SMILES string of the molecule is CN(C)C(=N)C(N)=S.